The molecule has 0 aliphatic heterocycles. The highest BCUT2D eigenvalue weighted by Gasteiger charge is 2.14. The number of fused-ring (bicyclic) bond motifs is 1. The summed E-state index contributed by atoms with van der Waals surface area (Å²) in [5, 5.41) is 1.15. The quantitative estimate of drug-likeness (QED) is 0.350. The van der Waals surface area contributed by atoms with Crippen LogP contribution < -0.4 is 16.0 Å². The summed E-state index contributed by atoms with van der Waals surface area (Å²) < 4.78 is 7.14. The lowest BCUT2D eigenvalue weighted by Crippen LogP contribution is -2.21. The number of hydrogen-bond donors (Lipinski definition) is 1. The van der Waals surface area contributed by atoms with Gasteiger partial charge in [0.1, 0.15) is 5.75 Å². The second-order valence-electron chi connectivity index (χ2n) is 6.83. The minimum Gasteiger partial charge on any atom is -0.494 e. The Balaban J connectivity index is 1.73. The summed E-state index contributed by atoms with van der Waals surface area (Å²) in [6.45, 7) is 2.50. The van der Waals surface area contributed by atoms with Crippen molar-refractivity contribution in [1.29, 1.82) is 0 Å². The fourth-order valence-electron chi connectivity index (χ4n) is 3.21. The fourth-order valence-corrected chi connectivity index (χ4v) is 4.18. The SMILES string of the molecule is CCOc1ccc(-n2c(SCc3ccc(C(N)=O)cc3)nc3ccccc3c2=O)cc1. The first-order chi connectivity index (χ1) is 15.1. The van der Waals surface area contributed by atoms with Crippen LogP contribution in [0.5, 0.6) is 5.75 Å². The smallest absolute Gasteiger partial charge is 0.266 e. The predicted octanol–water partition coefficient (Wildman–Crippen LogP) is 4.18. The van der Waals surface area contributed by atoms with E-state index in [0.29, 0.717) is 34.0 Å². The highest BCUT2D eigenvalue weighted by atomic mass is 32.2. The predicted molar refractivity (Wildman–Crippen MR) is 123 cm³/mol. The molecule has 6 nitrogen and oxygen atoms in total. The van der Waals surface area contributed by atoms with Gasteiger partial charge in [-0.3, -0.25) is 14.2 Å². The molecule has 1 amide bonds. The first-order valence-electron chi connectivity index (χ1n) is 9.83. The minimum absolute atomic E-state index is 0.124. The zero-order chi connectivity index (χ0) is 21.8. The number of thioether (sulfide) groups is 1. The lowest BCUT2D eigenvalue weighted by Gasteiger charge is -2.14. The van der Waals surface area contributed by atoms with Crippen LogP contribution in [0, 0.1) is 0 Å². The van der Waals surface area contributed by atoms with Gasteiger partial charge < -0.3 is 10.5 Å². The lowest BCUT2D eigenvalue weighted by molar-refractivity contribution is 0.100. The second-order valence-corrected chi connectivity index (χ2v) is 7.77. The van der Waals surface area contributed by atoms with E-state index in [2.05, 4.69) is 0 Å². The molecule has 0 spiro atoms. The van der Waals surface area contributed by atoms with Crippen LogP contribution in [0.4, 0.5) is 0 Å². The Morgan fingerprint density at radius 1 is 1.03 bits per heavy atom. The number of carbonyl (C=O) groups is 1. The zero-order valence-corrected chi connectivity index (χ0v) is 17.8. The van der Waals surface area contributed by atoms with Crippen LogP contribution in [-0.4, -0.2) is 22.1 Å². The molecule has 0 atom stereocenters. The van der Waals surface area contributed by atoms with E-state index in [1.807, 2.05) is 61.5 Å². The number of benzene rings is 3. The Kier molecular flexibility index (Phi) is 6.04. The topological polar surface area (TPSA) is 87.2 Å². The summed E-state index contributed by atoms with van der Waals surface area (Å²) in [7, 11) is 0. The Morgan fingerprint density at radius 2 is 1.74 bits per heavy atom. The van der Waals surface area contributed by atoms with Crippen molar-refractivity contribution in [3.05, 3.63) is 94.3 Å². The van der Waals surface area contributed by atoms with E-state index in [4.69, 9.17) is 15.5 Å². The van der Waals surface area contributed by atoms with Crippen LogP contribution >= 0.6 is 11.8 Å². The molecule has 2 N–H and O–H groups in total. The van der Waals surface area contributed by atoms with Crippen molar-refractivity contribution in [1.82, 2.24) is 9.55 Å². The van der Waals surface area contributed by atoms with Gasteiger partial charge in [0.25, 0.3) is 5.56 Å². The van der Waals surface area contributed by atoms with Crippen LogP contribution in [-0.2, 0) is 5.75 Å². The van der Waals surface area contributed by atoms with Gasteiger partial charge in [0.2, 0.25) is 5.91 Å². The van der Waals surface area contributed by atoms with Crippen molar-refractivity contribution < 1.29 is 9.53 Å². The number of aromatic nitrogens is 2. The lowest BCUT2D eigenvalue weighted by atomic mass is 10.1. The third-order valence-electron chi connectivity index (χ3n) is 4.76. The summed E-state index contributed by atoms with van der Waals surface area (Å²) in [4.78, 5) is 29.4. The first-order valence-corrected chi connectivity index (χ1v) is 10.8. The van der Waals surface area contributed by atoms with E-state index in [0.717, 1.165) is 17.0 Å². The first kappa shape index (κ1) is 20.7. The second kappa shape index (κ2) is 9.06. The van der Waals surface area contributed by atoms with Gasteiger partial charge in [0, 0.05) is 11.3 Å². The molecule has 0 saturated carbocycles. The Bertz CT molecular complexity index is 1280. The Morgan fingerprint density at radius 3 is 2.42 bits per heavy atom. The van der Waals surface area contributed by atoms with Gasteiger partial charge in [-0.15, -0.1) is 0 Å². The van der Waals surface area contributed by atoms with Gasteiger partial charge in [-0.05, 0) is 61.0 Å². The highest BCUT2D eigenvalue weighted by Crippen LogP contribution is 2.25. The summed E-state index contributed by atoms with van der Waals surface area (Å²) in [6.07, 6.45) is 0. The largest absolute Gasteiger partial charge is 0.494 e. The summed E-state index contributed by atoms with van der Waals surface area (Å²) in [6, 6.07) is 21.8. The zero-order valence-electron chi connectivity index (χ0n) is 16.9. The molecule has 0 aliphatic carbocycles. The maximum absolute atomic E-state index is 13.3. The molecular weight excluding hydrogens is 410 g/mol. The molecular formula is C24H21N3O3S. The van der Waals surface area contributed by atoms with Crippen molar-refractivity contribution in [3.8, 4) is 11.4 Å². The van der Waals surface area contributed by atoms with Crippen LogP contribution in [0.25, 0.3) is 16.6 Å². The standard InChI is InChI=1S/C24H21N3O3S/c1-2-30-19-13-11-18(12-14-19)27-23(29)20-5-3-4-6-21(20)26-24(27)31-15-16-7-9-17(10-8-16)22(25)28/h3-14H,2,15H2,1H3,(H2,25,28). The maximum Gasteiger partial charge on any atom is 0.266 e. The van der Waals surface area contributed by atoms with Crippen molar-refractivity contribution in [3.63, 3.8) is 0 Å². The van der Waals surface area contributed by atoms with E-state index in [-0.39, 0.29) is 5.56 Å². The van der Waals surface area contributed by atoms with E-state index < -0.39 is 5.91 Å². The van der Waals surface area contributed by atoms with Crippen LogP contribution in [0.1, 0.15) is 22.8 Å². The van der Waals surface area contributed by atoms with Crippen molar-refractivity contribution in [2.24, 2.45) is 5.73 Å². The fraction of sp³-hybridized carbons (Fsp3) is 0.125. The van der Waals surface area contributed by atoms with Gasteiger partial charge in [-0.2, -0.15) is 0 Å². The highest BCUT2D eigenvalue weighted by molar-refractivity contribution is 7.98. The third kappa shape index (κ3) is 4.46. The summed E-state index contributed by atoms with van der Waals surface area (Å²) in [5.74, 6) is 0.873. The molecule has 31 heavy (non-hydrogen) atoms. The number of nitrogens with zero attached hydrogens (tertiary/aromatic N) is 2. The molecule has 1 heterocycles. The van der Waals surface area contributed by atoms with Crippen molar-refractivity contribution in [2.45, 2.75) is 17.8 Å². The van der Waals surface area contributed by atoms with Crippen LogP contribution in [0.3, 0.4) is 0 Å². The number of primary amides is 1. The minimum atomic E-state index is -0.459. The van der Waals surface area contributed by atoms with Crippen LogP contribution in [0.15, 0.2) is 82.7 Å². The average molecular weight is 432 g/mol. The number of carbonyl (C=O) groups excluding carboxylic acids is 1. The maximum atomic E-state index is 13.3. The molecule has 7 heteroatoms. The number of ether oxygens (including phenoxy) is 1. The molecule has 0 unspecified atom stereocenters. The van der Waals surface area contributed by atoms with Gasteiger partial charge in [0.05, 0.1) is 23.2 Å². The van der Waals surface area contributed by atoms with Gasteiger partial charge >= 0.3 is 0 Å². The average Bonchev–Trinajstić information content (AvgIpc) is 2.79. The van der Waals surface area contributed by atoms with Crippen LogP contribution in [0.2, 0.25) is 0 Å². The molecule has 4 aromatic rings. The molecule has 156 valence electrons. The van der Waals surface area contributed by atoms with E-state index in [9.17, 15) is 9.59 Å². The molecule has 0 bridgehead atoms. The number of nitrogens with two attached hydrogens (primary N) is 1. The third-order valence-corrected chi connectivity index (χ3v) is 5.77. The molecule has 0 aliphatic rings. The van der Waals surface area contributed by atoms with Gasteiger partial charge in [0.15, 0.2) is 5.16 Å². The summed E-state index contributed by atoms with van der Waals surface area (Å²) >= 11 is 1.46. The van der Waals surface area contributed by atoms with E-state index >= 15 is 0 Å². The van der Waals surface area contributed by atoms with Gasteiger partial charge in [-0.1, -0.05) is 36.0 Å². The monoisotopic (exact) mass is 431 g/mol. The Hall–Kier alpha value is -3.58. The van der Waals surface area contributed by atoms with Crippen molar-refractivity contribution in [2.75, 3.05) is 6.61 Å². The normalized spacial score (nSPS) is 10.9. The number of para-hydroxylation sites is 1. The number of amides is 1. The Labute approximate surface area is 183 Å². The molecule has 4 rings (SSSR count). The van der Waals surface area contributed by atoms with E-state index in [1.165, 1.54) is 11.8 Å². The molecule has 0 saturated heterocycles. The molecule has 0 fully saturated rings. The summed E-state index contributed by atoms with van der Waals surface area (Å²) in [5.41, 5.74) is 8.02. The van der Waals surface area contributed by atoms with Gasteiger partial charge in [-0.25, -0.2) is 4.98 Å². The number of rotatable bonds is 7. The molecule has 0 radical (unpaired) electrons. The molecule has 1 aromatic heterocycles. The number of hydrogen-bond acceptors (Lipinski definition) is 5. The van der Waals surface area contributed by atoms with E-state index in [1.54, 1.807) is 22.8 Å². The molecule has 3 aromatic carbocycles. The van der Waals surface area contributed by atoms with Crippen molar-refractivity contribution >= 4 is 28.6 Å².